The number of carbonyl (C=O) groups excluding carboxylic acids is 1. The Morgan fingerprint density at radius 3 is 2.23 bits per heavy atom. The van der Waals surface area contributed by atoms with Crippen LogP contribution in [0.5, 0.6) is 0 Å². The van der Waals surface area contributed by atoms with Crippen LogP contribution in [0.1, 0.15) is 16.6 Å². The minimum atomic E-state index is -0.119. The Bertz CT molecular complexity index is 1150. The maximum absolute atomic E-state index is 12.5. The summed E-state index contributed by atoms with van der Waals surface area (Å²) in [5.41, 5.74) is 2.30. The Morgan fingerprint density at radius 2 is 1.58 bits per heavy atom. The second-order valence-corrected chi connectivity index (χ2v) is 6.91. The van der Waals surface area contributed by atoms with E-state index in [2.05, 4.69) is 5.32 Å². The van der Waals surface area contributed by atoms with Crippen molar-refractivity contribution in [2.24, 2.45) is 0 Å². The number of para-hydroxylation sites is 2. The first-order chi connectivity index (χ1) is 12.6. The highest BCUT2D eigenvalue weighted by Gasteiger charge is 2.19. The molecule has 2 aromatic carbocycles. The van der Waals surface area contributed by atoms with Gasteiger partial charge in [-0.1, -0.05) is 36.4 Å². The van der Waals surface area contributed by atoms with Crippen molar-refractivity contribution in [2.75, 3.05) is 5.32 Å². The molecule has 0 saturated heterocycles. The monoisotopic (exact) mass is 360 g/mol. The fourth-order valence-electron chi connectivity index (χ4n) is 2.94. The number of nitrogens with zero attached hydrogens (tertiary/aromatic N) is 1. The predicted molar refractivity (Wildman–Crippen MR) is 107 cm³/mol. The van der Waals surface area contributed by atoms with E-state index in [1.54, 1.807) is 23.6 Å². The Kier molecular flexibility index (Phi) is 4.14. The van der Waals surface area contributed by atoms with Crippen LogP contribution in [0.25, 0.3) is 15.9 Å². The van der Waals surface area contributed by atoms with Crippen molar-refractivity contribution in [3.63, 3.8) is 0 Å². The van der Waals surface area contributed by atoms with Crippen LogP contribution in [-0.4, -0.2) is 10.4 Å². The van der Waals surface area contributed by atoms with Crippen molar-refractivity contribution in [3.8, 4) is 5.69 Å². The van der Waals surface area contributed by atoms with Gasteiger partial charge in [0, 0.05) is 24.1 Å². The lowest BCUT2D eigenvalue weighted by Gasteiger charge is -2.09. The van der Waals surface area contributed by atoms with Gasteiger partial charge < -0.3 is 5.32 Å². The molecule has 0 bridgehead atoms. The normalized spacial score (nSPS) is 10.8. The second kappa shape index (κ2) is 6.61. The fraction of sp³-hybridized carbons (Fsp3) is 0.0476. The number of hydrogen-bond acceptors (Lipinski definition) is 4. The number of rotatable bonds is 4. The van der Waals surface area contributed by atoms with E-state index >= 15 is 0 Å². The van der Waals surface area contributed by atoms with Crippen LogP contribution in [0.4, 0.5) is 11.4 Å². The summed E-state index contributed by atoms with van der Waals surface area (Å²) < 4.78 is 1.66. The van der Waals surface area contributed by atoms with Crippen molar-refractivity contribution in [1.29, 1.82) is 0 Å². The molecule has 0 fully saturated rings. The van der Waals surface area contributed by atoms with Crippen LogP contribution in [0, 0.1) is 0 Å². The predicted octanol–water partition coefficient (Wildman–Crippen LogP) is 5.00. The van der Waals surface area contributed by atoms with Gasteiger partial charge in [-0.25, -0.2) is 0 Å². The largest absolute Gasteiger partial charge is 0.354 e. The van der Waals surface area contributed by atoms with Crippen LogP contribution >= 0.6 is 11.3 Å². The molecule has 128 valence electrons. The molecule has 0 amide bonds. The van der Waals surface area contributed by atoms with Gasteiger partial charge >= 0.3 is 0 Å². The van der Waals surface area contributed by atoms with E-state index in [0.717, 1.165) is 27.3 Å². The van der Waals surface area contributed by atoms with Crippen LogP contribution < -0.4 is 10.9 Å². The number of benzene rings is 2. The minimum Gasteiger partial charge on any atom is -0.354 e. The second-order valence-electron chi connectivity index (χ2n) is 5.91. The first-order valence-corrected chi connectivity index (χ1v) is 9.04. The van der Waals surface area contributed by atoms with Crippen molar-refractivity contribution in [1.82, 2.24) is 4.57 Å². The van der Waals surface area contributed by atoms with Crippen LogP contribution in [0.3, 0.4) is 0 Å². The van der Waals surface area contributed by atoms with Gasteiger partial charge in [-0.15, -0.1) is 11.3 Å². The van der Waals surface area contributed by atoms with Gasteiger partial charge in [0.2, 0.25) is 0 Å². The molecule has 4 rings (SSSR count). The molecule has 0 aliphatic rings. The number of fused-ring (bicyclic) bond motifs is 1. The molecular formula is C21H16N2O2S. The third-order valence-corrected chi connectivity index (χ3v) is 5.41. The van der Waals surface area contributed by atoms with Gasteiger partial charge in [0.1, 0.15) is 4.83 Å². The zero-order chi connectivity index (χ0) is 18.1. The molecule has 0 saturated carbocycles. The number of anilines is 2. The number of hydrogen-bond donors (Lipinski definition) is 1. The highest BCUT2D eigenvalue weighted by atomic mass is 32.1. The standard InChI is InChI=1S/C21H16N2O2S/c1-14(24)20-19(22-15-8-4-2-5-9-15)17-12-13-18(25)23(21(17)26-20)16-10-6-3-7-11-16/h2-13,22H,1H3. The number of thiophene rings is 1. The van der Waals surface area contributed by atoms with Gasteiger partial charge in [-0.2, -0.15) is 0 Å². The maximum Gasteiger partial charge on any atom is 0.256 e. The summed E-state index contributed by atoms with van der Waals surface area (Å²) in [6, 6.07) is 22.5. The molecule has 5 heteroatoms. The summed E-state index contributed by atoms with van der Waals surface area (Å²) in [6.07, 6.45) is 0. The molecule has 26 heavy (non-hydrogen) atoms. The van der Waals surface area contributed by atoms with Crippen LogP contribution in [0.15, 0.2) is 77.6 Å². The zero-order valence-corrected chi connectivity index (χ0v) is 14.9. The van der Waals surface area contributed by atoms with E-state index in [1.807, 2.05) is 60.7 Å². The average molecular weight is 360 g/mol. The molecule has 0 spiro atoms. The SMILES string of the molecule is CC(=O)c1sc2c(ccc(=O)n2-c2ccccc2)c1Nc1ccccc1. The van der Waals surface area contributed by atoms with Crippen LogP contribution in [-0.2, 0) is 0 Å². The van der Waals surface area contributed by atoms with E-state index in [0.29, 0.717) is 4.88 Å². The quantitative estimate of drug-likeness (QED) is 0.521. The lowest BCUT2D eigenvalue weighted by atomic mass is 10.2. The van der Waals surface area contributed by atoms with Gasteiger partial charge in [0.05, 0.1) is 16.3 Å². The van der Waals surface area contributed by atoms with Gasteiger partial charge in [0.25, 0.3) is 5.56 Å². The Morgan fingerprint density at radius 1 is 0.923 bits per heavy atom. The first-order valence-electron chi connectivity index (χ1n) is 8.22. The average Bonchev–Trinajstić information content (AvgIpc) is 3.02. The molecular weight excluding hydrogens is 344 g/mol. The number of Topliss-reactive ketones (excluding diaryl/α,β-unsaturated/α-hetero) is 1. The molecule has 0 radical (unpaired) electrons. The summed E-state index contributed by atoms with van der Waals surface area (Å²) in [7, 11) is 0. The molecule has 0 unspecified atom stereocenters. The zero-order valence-electron chi connectivity index (χ0n) is 14.1. The van der Waals surface area contributed by atoms with E-state index in [4.69, 9.17) is 0 Å². The summed E-state index contributed by atoms with van der Waals surface area (Å²) in [6.45, 7) is 1.55. The topological polar surface area (TPSA) is 51.1 Å². The van der Waals surface area contributed by atoms with Gasteiger partial charge in [0.15, 0.2) is 5.78 Å². The summed E-state index contributed by atoms with van der Waals surface area (Å²) in [5, 5.41) is 4.20. The third kappa shape index (κ3) is 2.82. The molecule has 1 N–H and O–H groups in total. The van der Waals surface area contributed by atoms with Crippen molar-refractivity contribution in [3.05, 3.63) is 88.0 Å². The van der Waals surface area contributed by atoms with Gasteiger partial charge in [-0.3, -0.25) is 14.2 Å². The van der Waals surface area contributed by atoms with Crippen LogP contribution in [0.2, 0.25) is 0 Å². The number of ketones is 1. The Balaban J connectivity index is 1.99. The molecule has 4 aromatic rings. The molecule has 0 aliphatic heterocycles. The number of pyridine rings is 1. The fourth-order valence-corrected chi connectivity index (χ4v) is 4.11. The highest BCUT2D eigenvalue weighted by Crippen LogP contribution is 2.38. The van der Waals surface area contributed by atoms with Crippen molar-refractivity contribution in [2.45, 2.75) is 6.92 Å². The number of carbonyl (C=O) groups is 1. The summed E-state index contributed by atoms with van der Waals surface area (Å²) >= 11 is 1.34. The number of nitrogens with one attached hydrogen (secondary N) is 1. The molecule has 0 atom stereocenters. The summed E-state index contributed by atoms with van der Waals surface area (Å²) in [5.74, 6) is -0.0308. The highest BCUT2D eigenvalue weighted by molar-refractivity contribution is 7.21. The summed E-state index contributed by atoms with van der Waals surface area (Å²) in [4.78, 5) is 26.2. The van der Waals surface area contributed by atoms with Crippen molar-refractivity contribution >= 4 is 38.7 Å². The lowest BCUT2D eigenvalue weighted by molar-refractivity contribution is 0.102. The Hall–Kier alpha value is -3.18. The van der Waals surface area contributed by atoms with E-state index in [9.17, 15) is 9.59 Å². The molecule has 2 heterocycles. The maximum atomic E-state index is 12.5. The van der Waals surface area contributed by atoms with Gasteiger partial charge in [-0.05, 0) is 30.3 Å². The van der Waals surface area contributed by atoms with E-state index < -0.39 is 0 Å². The van der Waals surface area contributed by atoms with E-state index in [-0.39, 0.29) is 11.3 Å². The Labute approximate surface area is 154 Å². The molecule has 4 nitrogen and oxygen atoms in total. The number of aromatic nitrogens is 1. The van der Waals surface area contributed by atoms with E-state index in [1.165, 1.54) is 11.3 Å². The van der Waals surface area contributed by atoms with Crippen molar-refractivity contribution < 1.29 is 4.79 Å². The molecule has 0 aliphatic carbocycles. The third-order valence-electron chi connectivity index (χ3n) is 4.12. The smallest absolute Gasteiger partial charge is 0.256 e. The molecule has 2 aromatic heterocycles. The first kappa shape index (κ1) is 16.3. The minimum absolute atomic E-state index is 0.0308. The lowest BCUT2D eigenvalue weighted by Crippen LogP contribution is -2.16.